The lowest BCUT2D eigenvalue weighted by atomic mass is 9.96. The summed E-state index contributed by atoms with van der Waals surface area (Å²) in [6.07, 6.45) is 0.984. The Bertz CT molecular complexity index is 3500. The Balaban J connectivity index is 0.806. The monoisotopic (exact) mass is 816 g/mol. The van der Waals surface area contributed by atoms with Crippen LogP contribution in [0, 0.1) is 0 Å². The minimum absolute atomic E-state index is 0.984. The van der Waals surface area contributed by atoms with Crippen molar-refractivity contribution in [3.63, 3.8) is 0 Å². The van der Waals surface area contributed by atoms with Crippen molar-refractivity contribution in [3.8, 4) is 55.6 Å². The van der Waals surface area contributed by atoms with Crippen LogP contribution < -0.4 is 4.90 Å². The van der Waals surface area contributed by atoms with Crippen LogP contribution in [0.25, 0.3) is 93.7 Å². The van der Waals surface area contributed by atoms with Gasteiger partial charge >= 0.3 is 0 Å². The van der Waals surface area contributed by atoms with Crippen molar-refractivity contribution in [2.45, 2.75) is 13.3 Å². The third kappa shape index (κ3) is 6.51. The number of fused-ring (bicyclic) bond motifs is 6. The second-order valence-electron chi connectivity index (χ2n) is 16.8. The number of benzene rings is 10. The zero-order valence-corrected chi connectivity index (χ0v) is 35.6. The molecule has 0 aliphatic rings. The van der Waals surface area contributed by atoms with E-state index in [-0.39, 0.29) is 0 Å². The molecular formula is C62H44N2. The number of nitrogens with zero attached hydrogens (tertiary/aromatic N) is 2. The van der Waals surface area contributed by atoms with Gasteiger partial charge in [0.25, 0.3) is 0 Å². The zero-order chi connectivity index (χ0) is 42.6. The lowest BCUT2D eigenvalue weighted by Crippen LogP contribution is -2.10. The molecule has 12 rings (SSSR count). The molecular weight excluding hydrogens is 773 g/mol. The van der Waals surface area contributed by atoms with Gasteiger partial charge in [-0.1, -0.05) is 183 Å². The summed E-state index contributed by atoms with van der Waals surface area (Å²) >= 11 is 0. The molecule has 2 heteroatoms. The Morgan fingerprint density at radius 2 is 0.672 bits per heavy atom. The Morgan fingerprint density at radius 1 is 0.297 bits per heavy atom. The van der Waals surface area contributed by atoms with Gasteiger partial charge in [0.1, 0.15) is 0 Å². The third-order valence-corrected chi connectivity index (χ3v) is 13.1. The molecule has 0 unspecified atom stereocenters. The molecule has 0 radical (unpaired) electrons. The highest BCUT2D eigenvalue weighted by molar-refractivity contribution is 6.24. The number of para-hydroxylation sites is 2. The molecule has 302 valence electrons. The molecule has 2 nitrogen and oxygen atoms in total. The molecule has 0 saturated carbocycles. The highest BCUT2D eigenvalue weighted by atomic mass is 15.1. The first-order valence-electron chi connectivity index (χ1n) is 22.3. The molecule has 0 aliphatic carbocycles. The first-order valence-corrected chi connectivity index (χ1v) is 22.3. The van der Waals surface area contributed by atoms with Crippen LogP contribution in [0.2, 0.25) is 0 Å². The van der Waals surface area contributed by atoms with Crippen LogP contribution >= 0.6 is 0 Å². The van der Waals surface area contributed by atoms with E-state index in [9.17, 15) is 0 Å². The van der Waals surface area contributed by atoms with Crippen LogP contribution in [0.4, 0.5) is 17.1 Å². The summed E-state index contributed by atoms with van der Waals surface area (Å²) < 4.78 is 2.44. The standard InChI is InChI=1S/C62H44N2/c1-2-42-11-10-14-55(39-42)63(53-35-31-49(32-36-53)47-21-19-44(20-22-47)43-12-4-3-5-13-43)54-37-33-50(34-38-54)48-25-23-45(24-26-48)46-27-29-51(30-28-46)52-40-58-56-15-6-8-17-60(56)64-61-18-9-7-16-57(61)59(41-52)62(58)64/h3-41H,2H2,1H3. The van der Waals surface area contributed by atoms with Gasteiger partial charge in [-0.25, -0.2) is 0 Å². The number of hydrogen-bond donors (Lipinski definition) is 0. The second kappa shape index (κ2) is 15.6. The van der Waals surface area contributed by atoms with Crippen LogP contribution in [0.5, 0.6) is 0 Å². The summed E-state index contributed by atoms with van der Waals surface area (Å²) in [4.78, 5) is 2.36. The van der Waals surface area contributed by atoms with E-state index < -0.39 is 0 Å². The SMILES string of the molecule is CCc1cccc(N(c2ccc(-c3ccc(-c4ccccc4)cc3)cc2)c2ccc(-c3ccc(-c4ccc(-c5cc6c7ccccc7n7c8ccccc8c(c5)c67)cc4)cc3)cc2)c1. The average molecular weight is 817 g/mol. The van der Waals surface area contributed by atoms with E-state index >= 15 is 0 Å². The Hall–Kier alpha value is -8.20. The molecule has 10 aromatic carbocycles. The van der Waals surface area contributed by atoms with Crippen LogP contribution in [0.3, 0.4) is 0 Å². The molecule has 0 bridgehead atoms. The number of rotatable bonds is 9. The number of aromatic nitrogens is 1. The van der Waals surface area contributed by atoms with Crippen LogP contribution in [0.1, 0.15) is 12.5 Å². The predicted octanol–water partition coefficient (Wildman–Crippen LogP) is 17.2. The van der Waals surface area contributed by atoms with Gasteiger partial charge in [-0.15, -0.1) is 0 Å². The highest BCUT2D eigenvalue weighted by Crippen LogP contribution is 2.42. The lowest BCUT2D eigenvalue weighted by Gasteiger charge is -2.26. The molecule has 0 N–H and O–H groups in total. The molecule has 12 aromatic rings. The molecule has 2 aromatic heterocycles. The number of anilines is 3. The summed E-state index contributed by atoms with van der Waals surface area (Å²) in [6, 6.07) is 86.6. The molecule has 0 spiro atoms. The van der Waals surface area contributed by atoms with E-state index in [2.05, 4.69) is 253 Å². The summed E-state index contributed by atoms with van der Waals surface area (Å²) in [6.45, 7) is 2.21. The molecule has 0 aliphatic heterocycles. The van der Waals surface area contributed by atoms with Gasteiger partial charge in [0.2, 0.25) is 0 Å². The maximum Gasteiger partial charge on any atom is 0.0620 e. The van der Waals surface area contributed by atoms with Crippen molar-refractivity contribution in [1.82, 2.24) is 4.40 Å². The maximum atomic E-state index is 2.44. The minimum Gasteiger partial charge on any atom is -0.310 e. The van der Waals surface area contributed by atoms with Gasteiger partial charge in [0.15, 0.2) is 0 Å². The third-order valence-electron chi connectivity index (χ3n) is 13.1. The first kappa shape index (κ1) is 37.6. The quantitative estimate of drug-likeness (QED) is 0.141. The molecule has 0 atom stereocenters. The summed E-state index contributed by atoms with van der Waals surface area (Å²) in [5.74, 6) is 0. The maximum absolute atomic E-state index is 2.44. The normalized spacial score (nSPS) is 11.6. The van der Waals surface area contributed by atoms with Gasteiger partial charge in [0.05, 0.1) is 16.6 Å². The fourth-order valence-corrected chi connectivity index (χ4v) is 9.78. The lowest BCUT2D eigenvalue weighted by molar-refractivity contribution is 1.13. The van der Waals surface area contributed by atoms with E-state index in [0.29, 0.717) is 0 Å². The second-order valence-corrected chi connectivity index (χ2v) is 16.8. The van der Waals surface area contributed by atoms with Crippen molar-refractivity contribution < 1.29 is 0 Å². The number of aryl methyl sites for hydroxylation is 1. The summed E-state index contributed by atoms with van der Waals surface area (Å²) in [5.41, 5.74) is 20.7. The largest absolute Gasteiger partial charge is 0.310 e. The first-order chi connectivity index (χ1) is 31.7. The predicted molar refractivity (Wildman–Crippen MR) is 272 cm³/mol. The van der Waals surface area contributed by atoms with Crippen LogP contribution in [-0.2, 0) is 6.42 Å². The highest BCUT2D eigenvalue weighted by Gasteiger charge is 2.19. The average Bonchev–Trinajstić information content (AvgIpc) is 3.89. The number of hydrogen-bond acceptors (Lipinski definition) is 1. The van der Waals surface area contributed by atoms with E-state index in [0.717, 1.165) is 23.5 Å². The molecule has 0 amide bonds. The van der Waals surface area contributed by atoms with Gasteiger partial charge in [-0.2, -0.15) is 0 Å². The van der Waals surface area contributed by atoms with Crippen molar-refractivity contribution in [2.75, 3.05) is 4.90 Å². The molecule has 2 heterocycles. The fraction of sp³-hybridized carbons (Fsp3) is 0.0323. The van der Waals surface area contributed by atoms with Crippen molar-refractivity contribution >= 4 is 55.2 Å². The van der Waals surface area contributed by atoms with E-state index in [1.54, 1.807) is 0 Å². The molecule has 0 fully saturated rings. The minimum atomic E-state index is 0.984. The Labute approximate surface area is 373 Å². The van der Waals surface area contributed by atoms with Gasteiger partial charge in [0, 0.05) is 38.6 Å². The smallest absolute Gasteiger partial charge is 0.0620 e. The topological polar surface area (TPSA) is 7.65 Å². The zero-order valence-electron chi connectivity index (χ0n) is 35.6. The van der Waals surface area contributed by atoms with Gasteiger partial charge < -0.3 is 9.30 Å². The van der Waals surface area contributed by atoms with E-state index in [1.807, 2.05) is 0 Å². The Morgan fingerprint density at radius 3 is 1.11 bits per heavy atom. The van der Waals surface area contributed by atoms with Crippen molar-refractivity contribution in [2.24, 2.45) is 0 Å². The van der Waals surface area contributed by atoms with Crippen molar-refractivity contribution in [3.05, 3.63) is 242 Å². The Kier molecular flexibility index (Phi) is 9.16. The molecule has 64 heavy (non-hydrogen) atoms. The van der Waals surface area contributed by atoms with Crippen molar-refractivity contribution in [1.29, 1.82) is 0 Å². The van der Waals surface area contributed by atoms with E-state index in [4.69, 9.17) is 0 Å². The van der Waals surface area contributed by atoms with Gasteiger partial charge in [-0.3, -0.25) is 0 Å². The van der Waals surface area contributed by atoms with Gasteiger partial charge in [-0.05, 0) is 128 Å². The van der Waals surface area contributed by atoms with Crippen LogP contribution in [-0.4, -0.2) is 4.40 Å². The van der Waals surface area contributed by atoms with E-state index in [1.165, 1.54) is 99.3 Å². The summed E-state index contributed by atoms with van der Waals surface area (Å²) in [5, 5.41) is 5.21. The summed E-state index contributed by atoms with van der Waals surface area (Å²) in [7, 11) is 0. The molecule has 0 saturated heterocycles. The fourth-order valence-electron chi connectivity index (χ4n) is 9.78. The van der Waals surface area contributed by atoms with Crippen LogP contribution in [0.15, 0.2) is 237 Å².